The van der Waals surface area contributed by atoms with E-state index in [0.717, 1.165) is 28.4 Å². The van der Waals surface area contributed by atoms with Crippen LogP contribution in [0, 0.1) is 12.3 Å². The van der Waals surface area contributed by atoms with Crippen molar-refractivity contribution in [1.82, 2.24) is 4.90 Å². The highest BCUT2D eigenvalue weighted by atomic mass is 79.9. The van der Waals surface area contributed by atoms with Crippen LogP contribution in [0.2, 0.25) is 0 Å². The number of fused-ring (bicyclic) bond motifs is 1. The van der Waals surface area contributed by atoms with Crippen LogP contribution in [0.3, 0.4) is 0 Å². The molecule has 2 rings (SSSR count). The normalized spacial score (nSPS) is 13.5. The zero-order valence-corrected chi connectivity index (χ0v) is 15.4. The Kier molecular flexibility index (Phi) is 7.27. The summed E-state index contributed by atoms with van der Waals surface area (Å²) in [5.74, 6) is 2.51. The highest BCUT2D eigenvalue weighted by Gasteiger charge is 2.12. The first-order chi connectivity index (χ1) is 11.6. The monoisotopic (exact) mass is 383 g/mol. The molecule has 0 saturated carbocycles. The van der Waals surface area contributed by atoms with E-state index in [4.69, 9.17) is 6.42 Å². The van der Waals surface area contributed by atoms with Crippen molar-refractivity contribution < 1.29 is 5.11 Å². The summed E-state index contributed by atoms with van der Waals surface area (Å²) in [6, 6.07) is 14.3. The van der Waals surface area contributed by atoms with Crippen LogP contribution in [0.1, 0.15) is 11.7 Å². The van der Waals surface area contributed by atoms with Crippen molar-refractivity contribution >= 4 is 26.7 Å². The standard InChI is InChI=1S/C21H22BrNO/c1-3-4-7-17(12-13-22)15-23(2)16-21(24)20-11-10-18-8-5-6-9-19(18)14-20/h1,4-12,14,21,24H,13,15-16H2,2H3/b7-4-,17-12+. The number of likely N-dealkylation sites (N-methyl/N-ethyl adjacent to an activating group) is 1. The highest BCUT2D eigenvalue weighted by Crippen LogP contribution is 2.21. The molecule has 0 aromatic heterocycles. The lowest BCUT2D eigenvalue weighted by Crippen LogP contribution is -2.26. The van der Waals surface area contributed by atoms with E-state index in [9.17, 15) is 5.11 Å². The topological polar surface area (TPSA) is 23.5 Å². The Morgan fingerprint density at radius 1 is 1.29 bits per heavy atom. The Morgan fingerprint density at radius 2 is 2.04 bits per heavy atom. The molecule has 0 heterocycles. The maximum absolute atomic E-state index is 10.5. The minimum absolute atomic E-state index is 0.526. The van der Waals surface area contributed by atoms with Crippen LogP contribution in [0.25, 0.3) is 10.8 Å². The van der Waals surface area contributed by atoms with Gasteiger partial charge in [0, 0.05) is 18.4 Å². The van der Waals surface area contributed by atoms with E-state index in [-0.39, 0.29) is 0 Å². The Morgan fingerprint density at radius 3 is 2.75 bits per heavy atom. The second-order valence-electron chi connectivity index (χ2n) is 5.75. The van der Waals surface area contributed by atoms with Gasteiger partial charge in [-0.05, 0) is 47.2 Å². The van der Waals surface area contributed by atoms with Crippen molar-refractivity contribution in [3.05, 3.63) is 71.8 Å². The van der Waals surface area contributed by atoms with E-state index in [1.807, 2.05) is 31.3 Å². The number of alkyl halides is 1. The lowest BCUT2D eigenvalue weighted by atomic mass is 10.0. The van der Waals surface area contributed by atoms with E-state index in [1.165, 1.54) is 5.39 Å². The molecule has 0 fully saturated rings. The zero-order valence-electron chi connectivity index (χ0n) is 13.8. The predicted molar refractivity (Wildman–Crippen MR) is 106 cm³/mol. The predicted octanol–water partition coefficient (Wildman–Crippen LogP) is 4.32. The molecule has 0 bridgehead atoms. The summed E-state index contributed by atoms with van der Waals surface area (Å²) < 4.78 is 0. The van der Waals surface area contributed by atoms with Gasteiger partial charge in [0.1, 0.15) is 0 Å². The molecular formula is C21H22BrNO. The minimum Gasteiger partial charge on any atom is -0.387 e. The number of hydrogen-bond donors (Lipinski definition) is 1. The molecule has 1 N–H and O–H groups in total. The Balaban J connectivity index is 2.04. The van der Waals surface area contributed by atoms with Crippen molar-refractivity contribution in [3.8, 4) is 12.3 Å². The molecule has 1 unspecified atom stereocenters. The molecule has 0 spiro atoms. The first kappa shape index (κ1) is 18.5. The summed E-state index contributed by atoms with van der Waals surface area (Å²) in [6.45, 7) is 1.29. The Bertz CT molecular complexity index is 773. The smallest absolute Gasteiger partial charge is 0.0917 e. The molecule has 124 valence electrons. The lowest BCUT2D eigenvalue weighted by Gasteiger charge is -2.21. The molecule has 0 aliphatic heterocycles. The summed E-state index contributed by atoms with van der Waals surface area (Å²) in [6.07, 6.45) is 10.5. The number of aliphatic hydroxyl groups is 1. The molecule has 0 saturated heterocycles. The fourth-order valence-electron chi connectivity index (χ4n) is 2.63. The lowest BCUT2D eigenvalue weighted by molar-refractivity contribution is 0.131. The first-order valence-corrected chi connectivity index (χ1v) is 8.99. The third-order valence-corrected chi connectivity index (χ3v) is 4.15. The largest absolute Gasteiger partial charge is 0.387 e. The maximum Gasteiger partial charge on any atom is 0.0917 e. The number of nitrogens with zero attached hydrogens (tertiary/aromatic N) is 1. The SMILES string of the molecule is C#C/C=C\C(=C/CBr)CN(C)CC(O)c1ccc2ccccc2c1. The van der Waals surface area contributed by atoms with E-state index in [2.05, 4.69) is 57.1 Å². The van der Waals surface area contributed by atoms with Gasteiger partial charge in [0.2, 0.25) is 0 Å². The van der Waals surface area contributed by atoms with Gasteiger partial charge >= 0.3 is 0 Å². The first-order valence-electron chi connectivity index (χ1n) is 7.87. The molecule has 2 aromatic rings. The van der Waals surface area contributed by atoms with Crippen LogP contribution in [0.4, 0.5) is 0 Å². The number of terminal acetylenes is 1. The van der Waals surface area contributed by atoms with Crippen LogP contribution in [0.5, 0.6) is 0 Å². The quantitative estimate of drug-likeness (QED) is 0.437. The summed E-state index contributed by atoms with van der Waals surface area (Å²) in [4.78, 5) is 2.09. The molecule has 1 atom stereocenters. The number of rotatable bonds is 7. The summed E-state index contributed by atoms with van der Waals surface area (Å²) in [5.41, 5.74) is 2.06. The number of allylic oxidation sites excluding steroid dienone is 2. The van der Waals surface area contributed by atoms with E-state index >= 15 is 0 Å². The minimum atomic E-state index is -0.526. The van der Waals surface area contributed by atoms with Crippen LogP contribution in [0.15, 0.2) is 66.3 Å². The van der Waals surface area contributed by atoms with Gasteiger partial charge in [-0.1, -0.05) is 64.3 Å². The number of aliphatic hydroxyl groups excluding tert-OH is 1. The van der Waals surface area contributed by atoms with Gasteiger partial charge in [0.15, 0.2) is 0 Å². The van der Waals surface area contributed by atoms with Gasteiger partial charge in [0.05, 0.1) is 6.10 Å². The van der Waals surface area contributed by atoms with Crippen molar-refractivity contribution in [2.75, 3.05) is 25.5 Å². The fraction of sp³-hybridized carbons (Fsp3) is 0.238. The van der Waals surface area contributed by atoms with Gasteiger partial charge in [-0.15, -0.1) is 6.42 Å². The van der Waals surface area contributed by atoms with Crippen molar-refractivity contribution in [2.45, 2.75) is 6.10 Å². The molecule has 0 aliphatic rings. The Labute approximate surface area is 152 Å². The van der Waals surface area contributed by atoms with Gasteiger partial charge in [0.25, 0.3) is 0 Å². The summed E-state index contributed by atoms with van der Waals surface area (Å²) >= 11 is 3.41. The fourth-order valence-corrected chi connectivity index (χ4v) is 3.05. The molecule has 0 aliphatic carbocycles. The molecular weight excluding hydrogens is 362 g/mol. The van der Waals surface area contributed by atoms with Gasteiger partial charge < -0.3 is 5.11 Å². The molecule has 3 heteroatoms. The third kappa shape index (κ3) is 5.35. The molecule has 2 nitrogen and oxygen atoms in total. The number of benzene rings is 2. The average molecular weight is 384 g/mol. The van der Waals surface area contributed by atoms with E-state index in [0.29, 0.717) is 6.54 Å². The Hall–Kier alpha value is -1.86. The van der Waals surface area contributed by atoms with Gasteiger partial charge in [-0.25, -0.2) is 0 Å². The summed E-state index contributed by atoms with van der Waals surface area (Å²) in [5, 5.41) is 13.7. The van der Waals surface area contributed by atoms with Crippen LogP contribution in [-0.4, -0.2) is 35.5 Å². The molecule has 0 amide bonds. The van der Waals surface area contributed by atoms with Crippen LogP contribution in [-0.2, 0) is 0 Å². The van der Waals surface area contributed by atoms with Gasteiger partial charge in [-0.2, -0.15) is 0 Å². The highest BCUT2D eigenvalue weighted by molar-refractivity contribution is 9.09. The number of hydrogen-bond acceptors (Lipinski definition) is 2. The second-order valence-corrected chi connectivity index (χ2v) is 6.40. The van der Waals surface area contributed by atoms with Crippen molar-refractivity contribution in [3.63, 3.8) is 0 Å². The molecule has 0 radical (unpaired) electrons. The maximum atomic E-state index is 10.5. The average Bonchev–Trinajstić information content (AvgIpc) is 2.59. The summed E-state index contributed by atoms with van der Waals surface area (Å²) in [7, 11) is 2.00. The second kappa shape index (κ2) is 9.44. The van der Waals surface area contributed by atoms with Crippen molar-refractivity contribution in [2.24, 2.45) is 0 Å². The molecule has 24 heavy (non-hydrogen) atoms. The van der Waals surface area contributed by atoms with E-state index < -0.39 is 6.10 Å². The molecule has 2 aromatic carbocycles. The number of halogens is 1. The van der Waals surface area contributed by atoms with Crippen LogP contribution < -0.4 is 0 Å². The van der Waals surface area contributed by atoms with E-state index in [1.54, 1.807) is 6.08 Å². The van der Waals surface area contributed by atoms with Crippen LogP contribution >= 0.6 is 15.9 Å². The third-order valence-electron chi connectivity index (χ3n) is 3.83. The van der Waals surface area contributed by atoms with Crippen molar-refractivity contribution in [1.29, 1.82) is 0 Å². The van der Waals surface area contributed by atoms with Gasteiger partial charge in [-0.3, -0.25) is 4.90 Å². The zero-order chi connectivity index (χ0) is 17.4.